The van der Waals surface area contributed by atoms with Gasteiger partial charge in [-0.2, -0.15) is 0 Å². The molecular formula is C42H23BS2. The van der Waals surface area contributed by atoms with Crippen LogP contribution in [0.2, 0.25) is 0 Å². The van der Waals surface area contributed by atoms with Crippen molar-refractivity contribution in [2.45, 2.75) is 0 Å². The van der Waals surface area contributed by atoms with Gasteiger partial charge in [-0.25, -0.2) is 0 Å². The minimum absolute atomic E-state index is 0.117. The Bertz CT molecular complexity index is 2510. The first-order valence-electron chi connectivity index (χ1n) is 15.6. The topological polar surface area (TPSA) is 0 Å². The van der Waals surface area contributed by atoms with E-state index in [-0.39, 0.29) is 6.71 Å². The predicted octanol–water partition coefficient (Wildman–Crippen LogP) is 10.2. The minimum Gasteiger partial charge on any atom is -0.135 e. The zero-order valence-corrected chi connectivity index (χ0v) is 25.8. The van der Waals surface area contributed by atoms with Crippen molar-refractivity contribution >= 4 is 86.1 Å². The van der Waals surface area contributed by atoms with Gasteiger partial charge in [0.15, 0.2) is 0 Å². The van der Waals surface area contributed by atoms with Gasteiger partial charge in [0.05, 0.1) is 0 Å². The first-order valence-corrected chi connectivity index (χ1v) is 17.2. The number of benzene rings is 7. The largest absolute Gasteiger partial charge is 0.244 e. The molecule has 0 unspecified atom stereocenters. The lowest BCUT2D eigenvalue weighted by Crippen LogP contribution is -2.52. The molecule has 206 valence electrons. The molecule has 0 spiro atoms. The maximum atomic E-state index is 2.42. The number of fused-ring (bicyclic) bond motifs is 4. The Labute approximate surface area is 268 Å². The Morgan fingerprint density at radius 3 is 1.27 bits per heavy atom. The van der Waals surface area contributed by atoms with Gasteiger partial charge in [-0.3, -0.25) is 0 Å². The lowest BCUT2D eigenvalue weighted by molar-refractivity contribution is 1.62. The molecule has 9 aromatic rings. The Balaban J connectivity index is 1.41. The average Bonchev–Trinajstić information content (AvgIpc) is 3.59. The molecule has 2 aromatic heterocycles. The van der Waals surface area contributed by atoms with Crippen LogP contribution in [-0.4, -0.2) is 6.71 Å². The molecule has 0 atom stereocenters. The second-order valence-electron chi connectivity index (χ2n) is 12.3. The van der Waals surface area contributed by atoms with Crippen LogP contribution in [-0.2, 0) is 0 Å². The van der Waals surface area contributed by atoms with Gasteiger partial charge >= 0.3 is 0 Å². The predicted molar refractivity (Wildman–Crippen MR) is 199 cm³/mol. The van der Waals surface area contributed by atoms with Crippen molar-refractivity contribution in [1.82, 2.24) is 0 Å². The second-order valence-corrected chi connectivity index (χ2v) is 14.5. The molecule has 0 N–H and O–H groups in total. The highest BCUT2D eigenvalue weighted by atomic mass is 32.1. The summed E-state index contributed by atoms with van der Waals surface area (Å²) in [7, 11) is 0. The van der Waals surface area contributed by atoms with Crippen molar-refractivity contribution in [3.63, 3.8) is 0 Å². The van der Waals surface area contributed by atoms with E-state index in [1.54, 1.807) is 0 Å². The summed E-state index contributed by atoms with van der Waals surface area (Å²) in [6.07, 6.45) is 0. The molecule has 4 heterocycles. The molecule has 0 amide bonds. The highest BCUT2D eigenvalue weighted by Gasteiger charge is 2.38. The van der Waals surface area contributed by atoms with Crippen LogP contribution in [0.25, 0.3) is 84.9 Å². The van der Waals surface area contributed by atoms with Crippen LogP contribution < -0.4 is 16.4 Å². The smallest absolute Gasteiger partial charge is 0.135 e. The van der Waals surface area contributed by atoms with Gasteiger partial charge in [0, 0.05) is 29.6 Å². The highest BCUT2D eigenvalue weighted by Crippen LogP contribution is 2.50. The molecule has 0 bridgehead atoms. The second kappa shape index (κ2) is 8.82. The molecule has 0 saturated heterocycles. The lowest BCUT2D eigenvalue weighted by Gasteiger charge is -2.22. The Hall–Kier alpha value is -4.96. The van der Waals surface area contributed by atoms with Gasteiger partial charge in [0.2, 0.25) is 6.71 Å². The van der Waals surface area contributed by atoms with Crippen molar-refractivity contribution in [3.05, 3.63) is 140 Å². The van der Waals surface area contributed by atoms with Crippen molar-refractivity contribution in [1.29, 1.82) is 0 Å². The quantitative estimate of drug-likeness (QED) is 0.173. The van der Waals surface area contributed by atoms with Crippen LogP contribution in [0.1, 0.15) is 0 Å². The molecule has 0 aliphatic carbocycles. The van der Waals surface area contributed by atoms with Crippen LogP contribution in [0.5, 0.6) is 0 Å². The maximum absolute atomic E-state index is 2.42. The van der Waals surface area contributed by atoms with E-state index in [1.165, 1.54) is 101 Å². The lowest BCUT2D eigenvalue weighted by atomic mass is 9.35. The van der Waals surface area contributed by atoms with Gasteiger partial charge in [0.25, 0.3) is 0 Å². The molecule has 0 saturated carbocycles. The number of thiophene rings is 2. The van der Waals surface area contributed by atoms with Crippen LogP contribution in [0.3, 0.4) is 0 Å². The van der Waals surface area contributed by atoms with E-state index in [0.29, 0.717) is 0 Å². The van der Waals surface area contributed by atoms with Crippen molar-refractivity contribution < 1.29 is 0 Å². The summed E-state index contributed by atoms with van der Waals surface area (Å²) in [5.74, 6) is 0. The third-order valence-electron chi connectivity index (χ3n) is 10.1. The fourth-order valence-corrected chi connectivity index (χ4v) is 10.7. The molecule has 2 aliphatic rings. The molecule has 3 heteroatoms. The number of hydrogen-bond donors (Lipinski definition) is 0. The van der Waals surface area contributed by atoms with Crippen molar-refractivity contribution in [3.8, 4) is 44.5 Å². The summed E-state index contributed by atoms with van der Waals surface area (Å²) in [5, 5.41) is 5.67. The third-order valence-corrected chi connectivity index (χ3v) is 12.4. The van der Waals surface area contributed by atoms with Crippen molar-refractivity contribution in [2.24, 2.45) is 0 Å². The number of rotatable bonds is 2. The SMILES string of the molecule is c1ccc(-c2ccc3sc4cccc5c4c3c2-c2cccc3c2B5c2cccc4sc5ccc(-c6ccccc6)c-3c5c24)cc1. The standard InChI is InChI=1S/C42H23BS2/c1-3-10-24(11-4-1)26-20-22-34-40-36(26)28-14-7-15-29-37-27(25-12-5-2-6-13-25)21-23-35-41(37)39-31(17-9-19-33(39)45-35)43(42(28)29)30-16-8-18-32(44-34)38(30)40/h1-23H. The summed E-state index contributed by atoms with van der Waals surface area (Å²) in [6, 6.07) is 52.6. The van der Waals surface area contributed by atoms with E-state index in [1.807, 2.05) is 22.7 Å². The van der Waals surface area contributed by atoms with E-state index < -0.39 is 0 Å². The Morgan fingerprint density at radius 1 is 0.333 bits per heavy atom. The average molecular weight is 603 g/mol. The van der Waals surface area contributed by atoms with Gasteiger partial charge in [0.1, 0.15) is 0 Å². The third kappa shape index (κ3) is 3.12. The molecule has 45 heavy (non-hydrogen) atoms. The normalized spacial score (nSPS) is 12.8. The fourth-order valence-electron chi connectivity index (χ4n) is 8.42. The molecule has 11 rings (SSSR count). The van der Waals surface area contributed by atoms with E-state index in [2.05, 4.69) is 140 Å². The summed E-state index contributed by atoms with van der Waals surface area (Å²) >= 11 is 3.87. The molecule has 0 fully saturated rings. The van der Waals surface area contributed by atoms with Crippen LogP contribution >= 0.6 is 22.7 Å². The van der Waals surface area contributed by atoms with E-state index in [4.69, 9.17) is 0 Å². The monoisotopic (exact) mass is 602 g/mol. The van der Waals surface area contributed by atoms with Gasteiger partial charge in [-0.1, -0.05) is 132 Å². The zero-order valence-electron chi connectivity index (χ0n) is 24.2. The number of hydrogen-bond acceptors (Lipinski definition) is 2. The van der Waals surface area contributed by atoms with Crippen molar-refractivity contribution in [2.75, 3.05) is 0 Å². The summed E-state index contributed by atoms with van der Waals surface area (Å²) in [6.45, 7) is 0.117. The first-order chi connectivity index (χ1) is 22.3. The minimum atomic E-state index is 0.117. The molecule has 0 radical (unpaired) electrons. The Kier molecular flexibility index (Phi) is 4.78. The molecule has 0 nitrogen and oxygen atoms in total. The fraction of sp³-hybridized carbons (Fsp3) is 0. The van der Waals surface area contributed by atoms with Gasteiger partial charge in [-0.05, 0) is 79.5 Å². The molecular weight excluding hydrogens is 579 g/mol. The van der Waals surface area contributed by atoms with Crippen LogP contribution in [0.4, 0.5) is 0 Å². The molecule has 2 aliphatic heterocycles. The molecule has 7 aromatic carbocycles. The Morgan fingerprint density at radius 2 is 0.778 bits per heavy atom. The van der Waals surface area contributed by atoms with E-state index in [9.17, 15) is 0 Å². The maximum Gasteiger partial charge on any atom is 0.244 e. The highest BCUT2D eigenvalue weighted by molar-refractivity contribution is 7.27. The zero-order chi connectivity index (χ0) is 29.2. The summed E-state index contributed by atoms with van der Waals surface area (Å²) in [5.41, 5.74) is 14.9. The summed E-state index contributed by atoms with van der Waals surface area (Å²) < 4.78 is 5.47. The van der Waals surface area contributed by atoms with E-state index >= 15 is 0 Å². The van der Waals surface area contributed by atoms with Gasteiger partial charge < -0.3 is 0 Å². The first kappa shape index (κ1) is 24.4. The van der Waals surface area contributed by atoms with Gasteiger partial charge in [-0.15, -0.1) is 22.7 Å². The van der Waals surface area contributed by atoms with Crippen LogP contribution in [0, 0.1) is 0 Å². The summed E-state index contributed by atoms with van der Waals surface area (Å²) in [4.78, 5) is 0. The van der Waals surface area contributed by atoms with Crippen LogP contribution in [0.15, 0.2) is 140 Å². The van der Waals surface area contributed by atoms with E-state index in [0.717, 1.165) is 0 Å².